The van der Waals surface area contributed by atoms with Crippen LogP contribution in [0.15, 0.2) is 24.3 Å². The van der Waals surface area contributed by atoms with Crippen LogP contribution in [-0.4, -0.2) is 32.2 Å². The van der Waals surface area contributed by atoms with Crippen molar-refractivity contribution in [1.29, 1.82) is 0 Å². The molecule has 6 heteroatoms. The Labute approximate surface area is 139 Å². The lowest BCUT2D eigenvalue weighted by Crippen LogP contribution is -2.41. The first-order valence-electron chi connectivity index (χ1n) is 7.33. The van der Waals surface area contributed by atoms with Crippen LogP contribution in [0.1, 0.15) is 26.7 Å². The van der Waals surface area contributed by atoms with E-state index in [1.807, 2.05) is 24.3 Å². The minimum atomic E-state index is -0.424. The van der Waals surface area contributed by atoms with Gasteiger partial charge in [-0.1, -0.05) is 13.8 Å². The number of ether oxygens (including phenoxy) is 2. The zero-order chi connectivity index (χ0) is 15.7. The summed E-state index contributed by atoms with van der Waals surface area (Å²) in [6.07, 6.45) is 1.44. The Bertz CT molecular complexity index is 424. The maximum atomic E-state index is 11.7. The molecule has 0 spiro atoms. The first-order chi connectivity index (χ1) is 10.0. The third-order valence-electron chi connectivity index (χ3n) is 3.01. The molecular formula is C16H27ClN2O3. The minimum Gasteiger partial charge on any atom is -0.497 e. The quantitative estimate of drug-likeness (QED) is 0.682. The lowest BCUT2D eigenvalue weighted by Gasteiger charge is -2.14. The normalized spacial score (nSPS) is 11.5. The summed E-state index contributed by atoms with van der Waals surface area (Å²) in [5.41, 5.74) is 5.80. The molecule has 1 amide bonds. The zero-order valence-electron chi connectivity index (χ0n) is 13.5. The van der Waals surface area contributed by atoms with Crippen LogP contribution in [0.3, 0.4) is 0 Å². The Kier molecular flexibility index (Phi) is 10.4. The molecule has 0 aliphatic heterocycles. The molecule has 0 fully saturated rings. The molecule has 0 heterocycles. The monoisotopic (exact) mass is 330 g/mol. The SMILES string of the molecule is COc1ccc(OCCCNC(=O)[C@@H](N)CC(C)C)cc1.Cl. The number of benzene rings is 1. The summed E-state index contributed by atoms with van der Waals surface area (Å²) < 4.78 is 10.6. The Hall–Kier alpha value is -1.46. The molecule has 3 N–H and O–H groups in total. The first kappa shape index (κ1) is 20.5. The summed E-state index contributed by atoms with van der Waals surface area (Å²) >= 11 is 0. The molecule has 0 aliphatic rings. The third-order valence-corrected chi connectivity index (χ3v) is 3.01. The molecule has 5 nitrogen and oxygen atoms in total. The smallest absolute Gasteiger partial charge is 0.236 e. The average Bonchev–Trinajstić information content (AvgIpc) is 2.46. The molecule has 1 atom stereocenters. The number of carbonyl (C=O) groups excluding carboxylic acids is 1. The van der Waals surface area contributed by atoms with Gasteiger partial charge in [0.1, 0.15) is 11.5 Å². The Morgan fingerprint density at radius 2 is 1.82 bits per heavy atom. The molecule has 0 unspecified atom stereocenters. The minimum absolute atomic E-state index is 0. The maximum Gasteiger partial charge on any atom is 0.236 e. The van der Waals surface area contributed by atoms with E-state index in [0.29, 0.717) is 25.5 Å². The molecular weight excluding hydrogens is 304 g/mol. The van der Waals surface area contributed by atoms with Crippen molar-refractivity contribution in [2.45, 2.75) is 32.7 Å². The van der Waals surface area contributed by atoms with E-state index in [1.165, 1.54) is 0 Å². The predicted molar refractivity (Wildman–Crippen MR) is 90.8 cm³/mol. The highest BCUT2D eigenvalue weighted by Gasteiger charge is 2.13. The van der Waals surface area contributed by atoms with Gasteiger partial charge in [0.15, 0.2) is 0 Å². The van der Waals surface area contributed by atoms with Crippen molar-refractivity contribution in [2.24, 2.45) is 11.7 Å². The summed E-state index contributed by atoms with van der Waals surface area (Å²) in [4.78, 5) is 11.7. The van der Waals surface area contributed by atoms with E-state index >= 15 is 0 Å². The topological polar surface area (TPSA) is 73.6 Å². The van der Waals surface area contributed by atoms with Gasteiger partial charge in [0.25, 0.3) is 0 Å². The fraction of sp³-hybridized carbons (Fsp3) is 0.562. The molecule has 0 bridgehead atoms. The molecule has 0 aliphatic carbocycles. The number of halogens is 1. The van der Waals surface area contributed by atoms with Crippen molar-refractivity contribution in [1.82, 2.24) is 5.32 Å². The maximum absolute atomic E-state index is 11.7. The third kappa shape index (κ3) is 8.10. The molecule has 0 saturated heterocycles. The molecule has 0 radical (unpaired) electrons. The van der Waals surface area contributed by atoms with Gasteiger partial charge in [0.2, 0.25) is 5.91 Å². The van der Waals surface area contributed by atoms with Crippen LogP contribution in [0.4, 0.5) is 0 Å². The number of rotatable bonds is 9. The van der Waals surface area contributed by atoms with Gasteiger partial charge in [-0.25, -0.2) is 0 Å². The number of hydrogen-bond donors (Lipinski definition) is 2. The van der Waals surface area contributed by atoms with E-state index in [9.17, 15) is 4.79 Å². The molecule has 22 heavy (non-hydrogen) atoms. The van der Waals surface area contributed by atoms with Crippen molar-refractivity contribution in [3.8, 4) is 11.5 Å². The number of amides is 1. The van der Waals surface area contributed by atoms with Crippen molar-refractivity contribution >= 4 is 18.3 Å². The summed E-state index contributed by atoms with van der Waals surface area (Å²) in [5, 5.41) is 2.83. The van der Waals surface area contributed by atoms with E-state index in [0.717, 1.165) is 17.9 Å². The number of methoxy groups -OCH3 is 1. The highest BCUT2D eigenvalue weighted by atomic mass is 35.5. The van der Waals surface area contributed by atoms with Crippen LogP contribution in [0, 0.1) is 5.92 Å². The van der Waals surface area contributed by atoms with E-state index in [4.69, 9.17) is 15.2 Å². The molecule has 0 saturated carbocycles. The second-order valence-corrected chi connectivity index (χ2v) is 5.40. The van der Waals surface area contributed by atoms with Crippen molar-refractivity contribution in [3.05, 3.63) is 24.3 Å². The summed E-state index contributed by atoms with van der Waals surface area (Å²) in [6, 6.07) is 6.99. The van der Waals surface area contributed by atoms with Crippen LogP contribution < -0.4 is 20.5 Å². The van der Waals surface area contributed by atoms with Crippen molar-refractivity contribution in [2.75, 3.05) is 20.3 Å². The Morgan fingerprint density at radius 1 is 1.23 bits per heavy atom. The lowest BCUT2D eigenvalue weighted by molar-refractivity contribution is -0.122. The fourth-order valence-corrected chi connectivity index (χ4v) is 1.89. The Morgan fingerprint density at radius 3 is 2.36 bits per heavy atom. The van der Waals surface area contributed by atoms with E-state index in [-0.39, 0.29) is 18.3 Å². The summed E-state index contributed by atoms with van der Waals surface area (Å²) in [6.45, 7) is 5.22. The van der Waals surface area contributed by atoms with Gasteiger partial charge in [-0.2, -0.15) is 0 Å². The lowest BCUT2D eigenvalue weighted by atomic mass is 10.0. The van der Waals surface area contributed by atoms with Crippen LogP contribution >= 0.6 is 12.4 Å². The summed E-state index contributed by atoms with van der Waals surface area (Å²) in [7, 11) is 1.63. The van der Waals surface area contributed by atoms with Gasteiger partial charge >= 0.3 is 0 Å². The molecule has 126 valence electrons. The fourth-order valence-electron chi connectivity index (χ4n) is 1.89. The van der Waals surface area contributed by atoms with Crippen LogP contribution in [0.2, 0.25) is 0 Å². The predicted octanol–water partition coefficient (Wildman–Crippen LogP) is 2.38. The number of nitrogens with one attached hydrogen (secondary N) is 1. The molecule has 1 rings (SSSR count). The van der Waals surface area contributed by atoms with Crippen LogP contribution in [-0.2, 0) is 4.79 Å². The van der Waals surface area contributed by atoms with Crippen molar-refractivity contribution < 1.29 is 14.3 Å². The molecule has 1 aromatic carbocycles. The van der Waals surface area contributed by atoms with Gasteiger partial charge in [-0.15, -0.1) is 12.4 Å². The molecule has 0 aromatic heterocycles. The highest BCUT2D eigenvalue weighted by Crippen LogP contribution is 2.16. The zero-order valence-corrected chi connectivity index (χ0v) is 14.3. The van der Waals surface area contributed by atoms with Crippen LogP contribution in [0.5, 0.6) is 11.5 Å². The molecule has 1 aromatic rings. The average molecular weight is 331 g/mol. The van der Waals surface area contributed by atoms with Gasteiger partial charge in [-0.05, 0) is 43.0 Å². The highest BCUT2D eigenvalue weighted by molar-refractivity contribution is 5.85. The second kappa shape index (κ2) is 11.2. The Balaban J connectivity index is 0.00000441. The van der Waals surface area contributed by atoms with Gasteiger partial charge in [0, 0.05) is 6.54 Å². The standard InChI is InChI=1S/C16H26N2O3.ClH/c1-12(2)11-15(17)16(19)18-9-4-10-21-14-7-5-13(20-3)6-8-14;/h5-8,12,15H,4,9-11,17H2,1-3H3,(H,18,19);1H/t15-;/m0./s1. The van der Waals surface area contributed by atoms with E-state index in [1.54, 1.807) is 7.11 Å². The number of hydrogen-bond acceptors (Lipinski definition) is 4. The van der Waals surface area contributed by atoms with E-state index < -0.39 is 6.04 Å². The van der Waals surface area contributed by atoms with Gasteiger partial charge in [0.05, 0.1) is 19.8 Å². The number of carbonyl (C=O) groups is 1. The summed E-state index contributed by atoms with van der Waals surface area (Å²) in [5.74, 6) is 1.92. The van der Waals surface area contributed by atoms with Crippen LogP contribution in [0.25, 0.3) is 0 Å². The van der Waals surface area contributed by atoms with Crippen molar-refractivity contribution in [3.63, 3.8) is 0 Å². The second-order valence-electron chi connectivity index (χ2n) is 5.40. The van der Waals surface area contributed by atoms with Gasteiger partial charge < -0.3 is 20.5 Å². The number of nitrogens with two attached hydrogens (primary N) is 1. The van der Waals surface area contributed by atoms with Gasteiger partial charge in [-0.3, -0.25) is 4.79 Å². The largest absolute Gasteiger partial charge is 0.497 e. The first-order valence-corrected chi connectivity index (χ1v) is 7.33. The van der Waals surface area contributed by atoms with E-state index in [2.05, 4.69) is 19.2 Å².